The molecule has 0 rings (SSSR count). The van der Waals surface area contributed by atoms with Crippen LogP contribution in [0.1, 0.15) is 13.8 Å². The van der Waals surface area contributed by atoms with Crippen LogP contribution < -0.4 is 11.5 Å². The fourth-order valence-corrected chi connectivity index (χ4v) is 0. The minimum atomic E-state index is -4.64. The maximum Gasteiger partial charge on any atom is 0.466 e. The van der Waals surface area contributed by atoms with Gasteiger partial charge in [-0.2, -0.15) is 0 Å². The van der Waals surface area contributed by atoms with Crippen molar-refractivity contribution in [2.45, 2.75) is 26.3 Å². The van der Waals surface area contributed by atoms with E-state index >= 15 is 0 Å². The predicted octanol–water partition coefficient (Wildman–Crippen LogP) is -1.05. The van der Waals surface area contributed by atoms with Crippen molar-refractivity contribution < 1.29 is 28.7 Å². The average Bonchev–Trinajstić information content (AvgIpc) is 2.02. The SMILES string of the molecule is COC(C)N.COC(C)N.O=P(O)(O)O. The van der Waals surface area contributed by atoms with Gasteiger partial charge in [-0.05, 0) is 13.8 Å². The maximum absolute atomic E-state index is 8.88. The third-order valence-corrected chi connectivity index (χ3v) is 0.744. The summed E-state index contributed by atoms with van der Waals surface area (Å²) in [5, 5.41) is 0. The van der Waals surface area contributed by atoms with E-state index in [1.807, 2.05) is 0 Å². The van der Waals surface area contributed by atoms with Crippen molar-refractivity contribution in [1.29, 1.82) is 0 Å². The summed E-state index contributed by atoms with van der Waals surface area (Å²) >= 11 is 0. The quantitative estimate of drug-likeness (QED) is 0.307. The van der Waals surface area contributed by atoms with Gasteiger partial charge in [0.2, 0.25) is 0 Å². The second kappa shape index (κ2) is 12.0. The molecule has 0 heterocycles. The lowest BCUT2D eigenvalue weighted by Crippen LogP contribution is -2.15. The second-order valence-corrected chi connectivity index (χ2v) is 3.42. The van der Waals surface area contributed by atoms with E-state index in [1.165, 1.54) is 0 Å². The highest BCUT2D eigenvalue weighted by atomic mass is 31.2. The normalized spacial score (nSPS) is 13.9. The van der Waals surface area contributed by atoms with Gasteiger partial charge in [-0.25, -0.2) is 4.57 Å². The van der Waals surface area contributed by atoms with Gasteiger partial charge in [0.05, 0.1) is 0 Å². The van der Waals surface area contributed by atoms with Crippen molar-refractivity contribution in [3.8, 4) is 0 Å². The van der Waals surface area contributed by atoms with Crippen LogP contribution in [0.4, 0.5) is 0 Å². The van der Waals surface area contributed by atoms with E-state index in [9.17, 15) is 0 Å². The van der Waals surface area contributed by atoms with Crippen LogP contribution in [-0.2, 0) is 14.0 Å². The number of phosphoric acid groups is 1. The van der Waals surface area contributed by atoms with Crippen molar-refractivity contribution in [2.75, 3.05) is 14.2 Å². The van der Waals surface area contributed by atoms with Crippen LogP contribution in [0.15, 0.2) is 0 Å². The minimum Gasteiger partial charge on any atom is -0.367 e. The summed E-state index contributed by atoms with van der Waals surface area (Å²) in [5.74, 6) is 0. The number of hydrogen-bond acceptors (Lipinski definition) is 5. The van der Waals surface area contributed by atoms with Crippen LogP contribution in [0.25, 0.3) is 0 Å². The third-order valence-electron chi connectivity index (χ3n) is 0.744. The molecule has 96 valence electrons. The molecule has 2 atom stereocenters. The molecule has 15 heavy (non-hydrogen) atoms. The van der Waals surface area contributed by atoms with E-state index in [0.717, 1.165) is 0 Å². The fourth-order valence-electron chi connectivity index (χ4n) is 0. The lowest BCUT2D eigenvalue weighted by atomic mass is 10.7. The molecule has 0 amide bonds. The molecule has 0 aromatic carbocycles. The minimum absolute atomic E-state index is 0.116. The van der Waals surface area contributed by atoms with E-state index in [-0.39, 0.29) is 12.5 Å². The lowest BCUT2D eigenvalue weighted by Gasteiger charge is -1.95. The summed E-state index contributed by atoms with van der Waals surface area (Å²) in [7, 11) is -1.49. The number of nitrogens with two attached hydrogens (primary N) is 2. The standard InChI is InChI=1S/2C3H9NO.H3O4P/c2*1-3(4)5-2;1-5(2,3)4/h2*3H,4H2,1-2H3;(H3,1,2,3,4). The Morgan fingerprint density at radius 1 is 1.00 bits per heavy atom. The topological polar surface area (TPSA) is 148 Å². The highest BCUT2D eigenvalue weighted by Gasteiger charge is 2.00. The zero-order valence-electron chi connectivity index (χ0n) is 9.32. The van der Waals surface area contributed by atoms with Crippen LogP contribution >= 0.6 is 7.82 Å². The summed E-state index contributed by atoms with van der Waals surface area (Å²) in [4.78, 5) is 21.6. The van der Waals surface area contributed by atoms with E-state index in [1.54, 1.807) is 28.1 Å². The van der Waals surface area contributed by atoms with Crippen LogP contribution in [-0.4, -0.2) is 41.4 Å². The molecule has 0 saturated carbocycles. The van der Waals surface area contributed by atoms with Gasteiger partial charge in [-0.1, -0.05) is 0 Å². The van der Waals surface area contributed by atoms with Crippen molar-refractivity contribution in [3.05, 3.63) is 0 Å². The predicted molar refractivity (Wildman–Crippen MR) is 55.6 cm³/mol. The Balaban J connectivity index is -0.000000144. The molecule has 0 aliphatic carbocycles. The molecule has 0 fully saturated rings. The van der Waals surface area contributed by atoms with Crippen LogP contribution in [0.3, 0.4) is 0 Å². The number of rotatable bonds is 2. The monoisotopic (exact) mass is 248 g/mol. The van der Waals surface area contributed by atoms with E-state index < -0.39 is 7.82 Å². The summed E-state index contributed by atoms with van der Waals surface area (Å²) in [6, 6.07) is 0. The Labute approximate surface area is 89.4 Å². The molecule has 0 aromatic rings. The number of hydrogen-bond donors (Lipinski definition) is 5. The van der Waals surface area contributed by atoms with Gasteiger partial charge in [0.15, 0.2) is 0 Å². The molecule has 0 aliphatic rings. The molecule has 0 radical (unpaired) electrons. The largest absolute Gasteiger partial charge is 0.466 e. The summed E-state index contributed by atoms with van der Waals surface area (Å²) in [6.07, 6.45) is -0.231. The maximum atomic E-state index is 8.88. The first-order valence-electron chi connectivity index (χ1n) is 3.89. The molecule has 0 aromatic heterocycles. The first-order chi connectivity index (χ1) is 6.54. The second-order valence-electron chi connectivity index (χ2n) is 2.39. The zero-order valence-corrected chi connectivity index (χ0v) is 10.2. The molecule has 7 N–H and O–H groups in total. The lowest BCUT2D eigenvalue weighted by molar-refractivity contribution is 0.124. The van der Waals surface area contributed by atoms with Crippen molar-refractivity contribution in [3.63, 3.8) is 0 Å². The Hall–Kier alpha value is -0.0500. The zero-order chi connectivity index (χ0) is 13.1. The number of methoxy groups -OCH3 is 2. The Morgan fingerprint density at radius 2 is 1.07 bits per heavy atom. The molecule has 9 heteroatoms. The molecule has 0 aliphatic heterocycles. The van der Waals surface area contributed by atoms with Crippen LogP contribution in [0.2, 0.25) is 0 Å². The first-order valence-corrected chi connectivity index (χ1v) is 5.46. The van der Waals surface area contributed by atoms with Crippen molar-refractivity contribution in [1.82, 2.24) is 0 Å². The first kappa shape index (κ1) is 20.4. The highest BCUT2D eigenvalue weighted by molar-refractivity contribution is 7.45. The van der Waals surface area contributed by atoms with Gasteiger partial charge < -0.3 is 35.6 Å². The van der Waals surface area contributed by atoms with Gasteiger partial charge in [0, 0.05) is 14.2 Å². The molecular weight excluding hydrogens is 227 g/mol. The van der Waals surface area contributed by atoms with E-state index in [4.69, 9.17) is 30.7 Å². The van der Waals surface area contributed by atoms with Crippen molar-refractivity contribution >= 4 is 7.82 Å². The Kier molecular flexibility index (Phi) is 16.3. The van der Waals surface area contributed by atoms with Gasteiger partial charge in [0.25, 0.3) is 0 Å². The molecule has 0 bridgehead atoms. The molecule has 0 saturated heterocycles. The van der Waals surface area contributed by atoms with Gasteiger partial charge in [0.1, 0.15) is 12.5 Å². The number of ether oxygens (including phenoxy) is 2. The van der Waals surface area contributed by atoms with Gasteiger partial charge in [-0.3, -0.25) is 0 Å². The van der Waals surface area contributed by atoms with Crippen LogP contribution in [0, 0.1) is 0 Å². The average molecular weight is 248 g/mol. The summed E-state index contributed by atoms with van der Waals surface area (Å²) in [6.45, 7) is 3.56. The molecule has 2 unspecified atom stereocenters. The van der Waals surface area contributed by atoms with Crippen LogP contribution in [0.5, 0.6) is 0 Å². The van der Waals surface area contributed by atoms with Gasteiger partial charge >= 0.3 is 7.82 Å². The van der Waals surface area contributed by atoms with Crippen molar-refractivity contribution in [2.24, 2.45) is 11.5 Å². The molecule has 0 spiro atoms. The van der Waals surface area contributed by atoms with E-state index in [2.05, 4.69) is 9.47 Å². The highest BCUT2D eigenvalue weighted by Crippen LogP contribution is 2.25. The summed E-state index contributed by atoms with van der Waals surface area (Å²) in [5.41, 5.74) is 10.1. The summed E-state index contributed by atoms with van der Waals surface area (Å²) < 4.78 is 17.9. The van der Waals surface area contributed by atoms with E-state index in [0.29, 0.717) is 0 Å². The molecular formula is C6H21N2O6P. The third kappa shape index (κ3) is 128. The Morgan fingerprint density at radius 3 is 1.07 bits per heavy atom. The molecule has 8 nitrogen and oxygen atoms in total. The van der Waals surface area contributed by atoms with Gasteiger partial charge in [-0.15, -0.1) is 0 Å². The fraction of sp³-hybridized carbons (Fsp3) is 1.00. The Bertz CT molecular complexity index is 143. The smallest absolute Gasteiger partial charge is 0.367 e.